The second kappa shape index (κ2) is 6.16. The Morgan fingerprint density at radius 1 is 1.42 bits per heavy atom. The lowest BCUT2D eigenvalue weighted by molar-refractivity contribution is -0.139. The Labute approximate surface area is 123 Å². The summed E-state index contributed by atoms with van der Waals surface area (Å²) >= 11 is 4.97. The first-order valence-corrected chi connectivity index (χ1v) is 7.16. The van der Waals surface area contributed by atoms with Gasteiger partial charge < -0.3 is 9.47 Å². The molecule has 2 rings (SSSR count). The van der Waals surface area contributed by atoms with Crippen LogP contribution in [0.3, 0.4) is 0 Å². The quantitative estimate of drug-likeness (QED) is 0.800. The Hall–Kier alpha value is -1.40. The van der Waals surface area contributed by atoms with Crippen molar-refractivity contribution in [3.05, 3.63) is 33.7 Å². The number of thiazole rings is 1. The minimum absolute atomic E-state index is 0.189. The van der Waals surface area contributed by atoms with Crippen LogP contribution in [0.4, 0.5) is 0 Å². The highest BCUT2D eigenvalue weighted by Gasteiger charge is 2.12. The lowest BCUT2D eigenvalue weighted by Crippen LogP contribution is -2.04. The van der Waals surface area contributed by atoms with Gasteiger partial charge in [0.25, 0.3) is 0 Å². The number of hydrogen-bond acceptors (Lipinski definition) is 5. The van der Waals surface area contributed by atoms with Gasteiger partial charge in [-0.15, -0.1) is 11.3 Å². The van der Waals surface area contributed by atoms with Crippen LogP contribution in [0, 0.1) is 0 Å². The molecule has 0 spiro atoms. The van der Waals surface area contributed by atoms with Crippen LogP contribution in [-0.2, 0) is 16.0 Å². The Morgan fingerprint density at radius 2 is 2.21 bits per heavy atom. The van der Waals surface area contributed by atoms with E-state index in [2.05, 4.69) is 25.7 Å². The maximum absolute atomic E-state index is 11.2. The number of carbonyl (C=O) groups excluding carboxylic acids is 1. The Morgan fingerprint density at radius 3 is 2.89 bits per heavy atom. The molecule has 0 aliphatic rings. The van der Waals surface area contributed by atoms with Crippen molar-refractivity contribution in [1.82, 2.24) is 4.98 Å². The molecule has 0 atom stereocenters. The van der Waals surface area contributed by atoms with Gasteiger partial charge in [0.15, 0.2) is 0 Å². The van der Waals surface area contributed by atoms with E-state index in [0.717, 1.165) is 20.8 Å². The summed E-state index contributed by atoms with van der Waals surface area (Å²) in [4.78, 5) is 15.6. The predicted octanol–water partition coefficient (Wildman–Crippen LogP) is 3.30. The molecule has 1 heterocycles. The summed E-state index contributed by atoms with van der Waals surface area (Å²) in [5.41, 5.74) is 1.65. The molecule has 0 aliphatic carbocycles. The summed E-state index contributed by atoms with van der Waals surface area (Å²) in [5.74, 6) is 0.476. The van der Waals surface area contributed by atoms with Gasteiger partial charge in [-0.2, -0.15) is 0 Å². The van der Waals surface area contributed by atoms with Gasteiger partial charge in [0.1, 0.15) is 10.8 Å². The first-order valence-electron chi connectivity index (χ1n) is 5.49. The van der Waals surface area contributed by atoms with Gasteiger partial charge in [-0.3, -0.25) is 4.79 Å². The SMILES string of the molecule is COC(=O)Cc1csc(-c2cc(OC)ccc2Br)n1. The Bertz CT molecular complexity index is 597. The fourth-order valence-electron chi connectivity index (χ4n) is 1.53. The topological polar surface area (TPSA) is 48.4 Å². The molecule has 0 radical (unpaired) electrons. The highest BCUT2D eigenvalue weighted by molar-refractivity contribution is 9.10. The molecule has 0 amide bonds. The standard InChI is InChI=1S/C13H12BrNO3S/c1-17-9-3-4-11(14)10(6-9)13-15-8(7-19-13)5-12(16)18-2/h3-4,6-7H,5H2,1-2H3. The van der Waals surface area contributed by atoms with E-state index >= 15 is 0 Å². The third-order valence-corrected chi connectivity index (χ3v) is 4.12. The molecule has 0 fully saturated rings. The van der Waals surface area contributed by atoms with Gasteiger partial charge in [-0.25, -0.2) is 4.98 Å². The first-order chi connectivity index (χ1) is 9.13. The van der Waals surface area contributed by atoms with Gasteiger partial charge in [-0.05, 0) is 18.2 Å². The summed E-state index contributed by atoms with van der Waals surface area (Å²) in [6, 6.07) is 5.69. The maximum Gasteiger partial charge on any atom is 0.311 e. The van der Waals surface area contributed by atoms with E-state index < -0.39 is 0 Å². The van der Waals surface area contributed by atoms with Crippen LogP contribution < -0.4 is 4.74 Å². The summed E-state index contributed by atoms with van der Waals surface area (Å²) < 4.78 is 10.8. The van der Waals surface area contributed by atoms with Crippen molar-refractivity contribution in [3.63, 3.8) is 0 Å². The van der Waals surface area contributed by atoms with E-state index in [4.69, 9.17) is 4.74 Å². The van der Waals surface area contributed by atoms with Gasteiger partial charge in [0.05, 0.1) is 26.3 Å². The average Bonchev–Trinajstić information content (AvgIpc) is 2.87. The van der Waals surface area contributed by atoms with Crippen LogP contribution in [-0.4, -0.2) is 25.2 Å². The molecule has 0 aliphatic heterocycles. The Balaban J connectivity index is 2.29. The first kappa shape index (κ1) is 14.0. The molecule has 0 saturated carbocycles. The molecule has 1 aromatic carbocycles. The molecule has 100 valence electrons. The second-order valence-electron chi connectivity index (χ2n) is 3.74. The van der Waals surface area contributed by atoms with E-state index in [1.54, 1.807) is 7.11 Å². The monoisotopic (exact) mass is 341 g/mol. The molecule has 0 saturated heterocycles. The molecule has 19 heavy (non-hydrogen) atoms. The molecular formula is C13H12BrNO3S. The number of rotatable bonds is 4. The number of ether oxygens (including phenoxy) is 2. The van der Waals surface area contributed by atoms with Crippen LogP contribution in [0.5, 0.6) is 5.75 Å². The third kappa shape index (κ3) is 3.33. The zero-order valence-electron chi connectivity index (χ0n) is 10.5. The minimum atomic E-state index is -0.290. The maximum atomic E-state index is 11.2. The van der Waals surface area contributed by atoms with Crippen LogP contribution >= 0.6 is 27.3 Å². The number of benzene rings is 1. The van der Waals surface area contributed by atoms with E-state index in [-0.39, 0.29) is 12.4 Å². The molecular weight excluding hydrogens is 330 g/mol. The van der Waals surface area contributed by atoms with E-state index in [1.165, 1.54) is 18.4 Å². The zero-order valence-corrected chi connectivity index (χ0v) is 12.9. The lowest BCUT2D eigenvalue weighted by atomic mass is 10.2. The predicted molar refractivity (Wildman–Crippen MR) is 77.5 cm³/mol. The van der Waals surface area contributed by atoms with Gasteiger partial charge >= 0.3 is 5.97 Å². The number of carbonyl (C=O) groups is 1. The van der Waals surface area contributed by atoms with E-state index in [1.807, 2.05) is 23.6 Å². The van der Waals surface area contributed by atoms with Crippen molar-refractivity contribution < 1.29 is 14.3 Å². The molecule has 0 bridgehead atoms. The number of halogens is 1. The fourth-order valence-corrected chi connectivity index (χ4v) is 2.94. The molecule has 6 heteroatoms. The van der Waals surface area contributed by atoms with E-state index in [9.17, 15) is 4.79 Å². The molecule has 0 N–H and O–H groups in total. The summed E-state index contributed by atoms with van der Waals surface area (Å²) in [6.07, 6.45) is 0.189. The molecule has 1 aromatic heterocycles. The van der Waals surface area contributed by atoms with Crippen LogP contribution in [0.1, 0.15) is 5.69 Å². The van der Waals surface area contributed by atoms with Crippen molar-refractivity contribution in [2.45, 2.75) is 6.42 Å². The van der Waals surface area contributed by atoms with Crippen LogP contribution in [0.25, 0.3) is 10.6 Å². The van der Waals surface area contributed by atoms with Crippen molar-refractivity contribution in [2.24, 2.45) is 0 Å². The highest BCUT2D eigenvalue weighted by atomic mass is 79.9. The number of aromatic nitrogens is 1. The summed E-state index contributed by atoms with van der Waals surface area (Å²) in [5, 5.41) is 2.70. The normalized spacial score (nSPS) is 10.3. The number of methoxy groups -OCH3 is 2. The highest BCUT2D eigenvalue weighted by Crippen LogP contribution is 2.33. The lowest BCUT2D eigenvalue weighted by Gasteiger charge is -2.04. The minimum Gasteiger partial charge on any atom is -0.497 e. The largest absolute Gasteiger partial charge is 0.497 e. The van der Waals surface area contributed by atoms with Gasteiger partial charge in [0, 0.05) is 15.4 Å². The van der Waals surface area contributed by atoms with Crippen LogP contribution in [0.15, 0.2) is 28.1 Å². The molecule has 4 nitrogen and oxygen atoms in total. The van der Waals surface area contributed by atoms with Crippen LogP contribution in [0.2, 0.25) is 0 Å². The van der Waals surface area contributed by atoms with Crippen molar-refractivity contribution in [1.29, 1.82) is 0 Å². The number of hydrogen-bond donors (Lipinski definition) is 0. The number of nitrogens with zero attached hydrogens (tertiary/aromatic N) is 1. The average molecular weight is 342 g/mol. The molecule has 0 unspecified atom stereocenters. The third-order valence-electron chi connectivity index (χ3n) is 2.51. The van der Waals surface area contributed by atoms with Gasteiger partial charge in [0.2, 0.25) is 0 Å². The Kier molecular flexibility index (Phi) is 4.55. The zero-order chi connectivity index (χ0) is 13.8. The van der Waals surface area contributed by atoms with Gasteiger partial charge in [-0.1, -0.05) is 15.9 Å². The van der Waals surface area contributed by atoms with E-state index in [0.29, 0.717) is 5.69 Å². The number of esters is 1. The summed E-state index contributed by atoms with van der Waals surface area (Å²) in [6.45, 7) is 0. The fraction of sp³-hybridized carbons (Fsp3) is 0.231. The smallest absolute Gasteiger partial charge is 0.311 e. The van der Waals surface area contributed by atoms with Crippen molar-refractivity contribution in [2.75, 3.05) is 14.2 Å². The molecule has 2 aromatic rings. The van der Waals surface area contributed by atoms with Crippen molar-refractivity contribution >= 4 is 33.2 Å². The van der Waals surface area contributed by atoms with Crippen molar-refractivity contribution in [3.8, 4) is 16.3 Å². The second-order valence-corrected chi connectivity index (χ2v) is 5.46. The summed E-state index contributed by atoms with van der Waals surface area (Å²) in [7, 11) is 2.99.